The Morgan fingerprint density at radius 1 is 1.12 bits per heavy atom. The van der Waals surface area contributed by atoms with Gasteiger partial charge in [-0.1, -0.05) is 43.3 Å². The molecular formula is C26H31FN4O. The number of hydrogen-bond acceptors (Lipinski definition) is 3. The number of benzene rings is 2. The van der Waals surface area contributed by atoms with Crippen LogP contribution in [0.5, 0.6) is 0 Å². The zero-order valence-electron chi connectivity index (χ0n) is 18.9. The molecule has 0 aromatic heterocycles. The van der Waals surface area contributed by atoms with E-state index in [1.54, 1.807) is 11.0 Å². The van der Waals surface area contributed by atoms with Crippen LogP contribution in [0.3, 0.4) is 0 Å². The van der Waals surface area contributed by atoms with E-state index in [4.69, 9.17) is 0 Å². The first-order valence-electron chi connectivity index (χ1n) is 11.7. The number of piperidine rings is 1. The predicted molar refractivity (Wildman–Crippen MR) is 126 cm³/mol. The Labute approximate surface area is 189 Å². The van der Waals surface area contributed by atoms with Crippen molar-refractivity contribution in [3.63, 3.8) is 0 Å². The van der Waals surface area contributed by atoms with Crippen LogP contribution in [0.2, 0.25) is 0 Å². The lowest BCUT2D eigenvalue weighted by atomic mass is 9.80. The van der Waals surface area contributed by atoms with Crippen molar-refractivity contribution in [1.29, 1.82) is 0 Å². The summed E-state index contributed by atoms with van der Waals surface area (Å²) >= 11 is 0. The summed E-state index contributed by atoms with van der Waals surface area (Å²) in [6, 6.07) is 17.0. The maximum absolute atomic E-state index is 14.1. The van der Waals surface area contributed by atoms with E-state index >= 15 is 0 Å². The molecular weight excluding hydrogens is 403 g/mol. The van der Waals surface area contributed by atoms with Crippen molar-refractivity contribution in [3.8, 4) is 0 Å². The largest absolute Gasteiger partial charge is 0.357 e. The molecule has 0 N–H and O–H groups in total. The van der Waals surface area contributed by atoms with Crippen LogP contribution in [0.1, 0.15) is 44.6 Å². The minimum atomic E-state index is -0.526. The molecule has 3 heterocycles. The van der Waals surface area contributed by atoms with Crippen LogP contribution >= 0.6 is 0 Å². The van der Waals surface area contributed by atoms with Crippen LogP contribution in [0.25, 0.3) is 0 Å². The van der Waals surface area contributed by atoms with Gasteiger partial charge in [-0.05, 0) is 56.5 Å². The number of halogens is 1. The van der Waals surface area contributed by atoms with Crippen molar-refractivity contribution in [2.75, 3.05) is 31.1 Å². The molecule has 5 rings (SSSR count). The molecule has 168 valence electrons. The molecule has 3 atom stereocenters. The van der Waals surface area contributed by atoms with E-state index in [1.807, 2.05) is 12.1 Å². The fourth-order valence-corrected chi connectivity index (χ4v) is 5.96. The molecule has 5 nitrogen and oxygen atoms in total. The SMILES string of the molecule is CCN1CC[C@@]2(C[C@@H]1C)C(N1CCC(c3ccccc3)C1)=NC(=O)N2c1cccc(F)c1. The minimum Gasteiger partial charge on any atom is -0.357 e. The Morgan fingerprint density at radius 2 is 1.94 bits per heavy atom. The summed E-state index contributed by atoms with van der Waals surface area (Å²) in [7, 11) is 0. The smallest absolute Gasteiger partial charge is 0.350 e. The molecule has 3 aliphatic rings. The predicted octanol–water partition coefficient (Wildman–Crippen LogP) is 4.90. The fourth-order valence-electron chi connectivity index (χ4n) is 5.96. The monoisotopic (exact) mass is 434 g/mol. The molecule has 1 spiro atoms. The van der Waals surface area contributed by atoms with Gasteiger partial charge in [-0.25, -0.2) is 9.18 Å². The molecule has 2 aromatic carbocycles. The molecule has 0 bridgehead atoms. The molecule has 1 unspecified atom stereocenters. The number of carbonyl (C=O) groups excluding carboxylic acids is 1. The summed E-state index contributed by atoms with van der Waals surface area (Å²) in [5.74, 6) is 0.985. The molecule has 32 heavy (non-hydrogen) atoms. The third-order valence-corrected chi connectivity index (χ3v) is 7.54. The first-order chi connectivity index (χ1) is 15.5. The standard InChI is InChI=1S/C26H31FN4O/c1-3-29-15-13-26(17-19(29)2)24(28-25(32)31(26)23-11-7-10-22(27)16-23)30-14-12-21(18-30)20-8-5-4-6-9-20/h4-11,16,19,21H,3,12-15,17-18H2,1-2H3/t19-,21?,26+/m0/s1. The van der Waals surface area contributed by atoms with Crippen molar-refractivity contribution in [2.24, 2.45) is 4.99 Å². The second-order valence-electron chi connectivity index (χ2n) is 9.34. The normalized spacial score (nSPS) is 28.6. The van der Waals surface area contributed by atoms with E-state index < -0.39 is 5.54 Å². The first kappa shape index (κ1) is 21.1. The van der Waals surface area contributed by atoms with Gasteiger partial charge in [-0.2, -0.15) is 4.99 Å². The summed E-state index contributed by atoms with van der Waals surface area (Å²) in [6.07, 6.45) is 2.65. The number of carbonyl (C=O) groups is 1. The highest BCUT2D eigenvalue weighted by atomic mass is 19.1. The zero-order valence-corrected chi connectivity index (χ0v) is 18.9. The molecule has 0 aliphatic carbocycles. The second-order valence-corrected chi connectivity index (χ2v) is 9.34. The van der Waals surface area contributed by atoms with Crippen LogP contribution in [-0.2, 0) is 0 Å². The molecule has 2 fully saturated rings. The topological polar surface area (TPSA) is 39.1 Å². The van der Waals surface area contributed by atoms with Gasteiger partial charge in [0.25, 0.3) is 0 Å². The number of aliphatic imine (C=N–C) groups is 1. The van der Waals surface area contributed by atoms with Gasteiger partial charge in [0, 0.05) is 37.3 Å². The van der Waals surface area contributed by atoms with Crippen molar-refractivity contribution in [1.82, 2.24) is 9.80 Å². The van der Waals surface area contributed by atoms with Crippen LogP contribution in [0, 0.1) is 5.82 Å². The Morgan fingerprint density at radius 3 is 2.66 bits per heavy atom. The van der Waals surface area contributed by atoms with E-state index in [0.29, 0.717) is 17.6 Å². The molecule has 3 aliphatic heterocycles. The molecule has 2 aromatic rings. The van der Waals surface area contributed by atoms with Crippen LogP contribution in [0.15, 0.2) is 59.6 Å². The van der Waals surface area contributed by atoms with Gasteiger partial charge in [-0.3, -0.25) is 4.90 Å². The Hall–Kier alpha value is -2.73. The number of urea groups is 1. The van der Waals surface area contributed by atoms with E-state index in [-0.39, 0.29) is 11.8 Å². The van der Waals surface area contributed by atoms with Gasteiger partial charge in [-0.15, -0.1) is 0 Å². The lowest BCUT2D eigenvalue weighted by Gasteiger charge is -2.49. The highest BCUT2D eigenvalue weighted by Crippen LogP contribution is 2.43. The van der Waals surface area contributed by atoms with Crippen molar-refractivity contribution < 1.29 is 9.18 Å². The van der Waals surface area contributed by atoms with Gasteiger partial charge in [0.15, 0.2) is 0 Å². The number of amidine groups is 1. The number of amides is 2. The lowest BCUT2D eigenvalue weighted by molar-refractivity contribution is 0.133. The number of nitrogens with zero attached hydrogens (tertiary/aromatic N) is 4. The summed E-state index contributed by atoms with van der Waals surface area (Å²) < 4.78 is 14.1. The van der Waals surface area contributed by atoms with Crippen LogP contribution < -0.4 is 4.90 Å². The Balaban J connectivity index is 1.50. The third kappa shape index (κ3) is 3.51. The van der Waals surface area contributed by atoms with Crippen molar-refractivity contribution in [2.45, 2.75) is 50.6 Å². The van der Waals surface area contributed by atoms with Gasteiger partial charge in [0.2, 0.25) is 0 Å². The average molecular weight is 435 g/mol. The fraction of sp³-hybridized carbons (Fsp3) is 0.462. The molecule has 2 amide bonds. The summed E-state index contributed by atoms with van der Waals surface area (Å²) in [5.41, 5.74) is 1.41. The van der Waals surface area contributed by atoms with E-state index in [2.05, 4.69) is 52.9 Å². The average Bonchev–Trinajstić information content (AvgIpc) is 3.38. The molecule has 2 saturated heterocycles. The summed E-state index contributed by atoms with van der Waals surface area (Å²) in [5, 5.41) is 0. The highest BCUT2D eigenvalue weighted by Gasteiger charge is 2.55. The quantitative estimate of drug-likeness (QED) is 0.690. The van der Waals surface area contributed by atoms with E-state index in [1.165, 1.54) is 17.7 Å². The van der Waals surface area contributed by atoms with E-state index in [9.17, 15) is 9.18 Å². The summed E-state index contributed by atoms with van der Waals surface area (Å²) in [6.45, 7) is 8.03. The zero-order chi connectivity index (χ0) is 22.3. The Bertz CT molecular complexity index is 1030. The number of likely N-dealkylation sites (tertiary alicyclic amines) is 2. The second kappa shape index (κ2) is 8.32. The molecule has 6 heteroatoms. The maximum Gasteiger partial charge on any atom is 0.350 e. The maximum atomic E-state index is 14.1. The van der Waals surface area contributed by atoms with Gasteiger partial charge in [0.1, 0.15) is 17.2 Å². The molecule has 0 radical (unpaired) electrons. The van der Waals surface area contributed by atoms with Gasteiger partial charge < -0.3 is 9.80 Å². The van der Waals surface area contributed by atoms with Crippen molar-refractivity contribution in [3.05, 3.63) is 66.0 Å². The van der Waals surface area contributed by atoms with E-state index in [0.717, 1.165) is 51.3 Å². The van der Waals surface area contributed by atoms with Gasteiger partial charge >= 0.3 is 6.03 Å². The minimum absolute atomic E-state index is 0.272. The first-order valence-corrected chi connectivity index (χ1v) is 11.7. The van der Waals surface area contributed by atoms with Crippen LogP contribution in [0.4, 0.5) is 14.9 Å². The number of anilines is 1. The number of rotatable bonds is 3. The Kier molecular flexibility index (Phi) is 5.49. The third-order valence-electron chi connectivity index (χ3n) is 7.54. The molecule has 0 saturated carbocycles. The lowest BCUT2D eigenvalue weighted by Crippen LogP contribution is -2.63. The van der Waals surface area contributed by atoms with Gasteiger partial charge in [0.05, 0.1) is 0 Å². The number of hydrogen-bond donors (Lipinski definition) is 0. The van der Waals surface area contributed by atoms with Crippen molar-refractivity contribution >= 4 is 17.6 Å². The highest BCUT2D eigenvalue weighted by molar-refractivity contribution is 6.16. The summed E-state index contributed by atoms with van der Waals surface area (Å²) in [4.78, 5) is 24.5. The van der Waals surface area contributed by atoms with Crippen LogP contribution in [-0.4, -0.2) is 59.4 Å².